The largest absolute Gasteiger partial charge is 0.475 e. The van der Waals surface area contributed by atoms with E-state index >= 15 is 0 Å². The van der Waals surface area contributed by atoms with E-state index in [0.717, 1.165) is 71.2 Å². The van der Waals surface area contributed by atoms with Crippen LogP contribution in [0.3, 0.4) is 0 Å². The predicted octanol–water partition coefficient (Wildman–Crippen LogP) is 11.8. The summed E-state index contributed by atoms with van der Waals surface area (Å²) in [6.45, 7) is 11.3. The first-order valence-electron chi connectivity index (χ1n) is 15.3. The lowest BCUT2D eigenvalue weighted by Gasteiger charge is -2.20. The quantitative estimate of drug-likeness (QED) is 0.0551. The molecule has 0 N–H and O–H groups in total. The Morgan fingerprint density at radius 2 is 1.13 bits per heavy atom. The van der Waals surface area contributed by atoms with Crippen molar-refractivity contribution < 1.29 is 9.47 Å². The number of benzene rings is 4. The fraction of sp³-hybridized carbons (Fsp3) is 0.278. The van der Waals surface area contributed by atoms with E-state index in [1.165, 1.54) is 5.69 Å². The van der Waals surface area contributed by atoms with Crippen LogP contribution in [0.25, 0.3) is 6.08 Å². The van der Waals surface area contributed by atoms with Gasteiger partial charge >= 0.3 is 0 Å². The number of hydrogen-bond donors (Lipinski definition) is 0. The number of unbranched alkanes of at least 4 members (excludes halogenated alkanes) is 1. The monoisotopic (exact) mass is 603 g/mol. The molecule has 9 nitrogen and oxygen atoms in total. The van der Waals surface area contributed by atoms with E-state index in [1.54, 1.807) is 6.26 Å². The first-order chi connectivity index (χ1) is 22.1. The van der Waals surface area contributed by atoms with Gasteiger partial charge in [-0.25, -0.2) is 0 Å². The Labute approximate surface area is 266 Å². The Morgan fingerprint density at radius 1 is 0.622 bits per heavy atom. The van der Waals surface area contributed by atoms with Gasteiger partial charge in [0, 0.05) is 18.8 Å². The average Bonchev–Trinajstić information content (AvgIpc) is 3.07. The minimum absolute atomic E-state index is 0.261. The second-order valence-electron chi connectivity index (χ2n) is 10.2. The van der Waals surface area contributed by atoms with Gasteiger partial charge in [0.15, 0.2) is 6.79 Å². The summed E-state index contributed by atoms with van der Waals surface area (Å²) in [6, 6.07) is 29.0. The maximum absolute atomic E-state index is 5.37. The van der Waals surface area contributed by atoms with E-state index in [2.05, 4.69) is 68.5 Å². The van der Waals surface area contributed by atoms with Gasteiger partial charge in [-0.1, -0.05) is 25.5 Å². The summed E-state index contributed by atoms with van der Waals surface area (Å²) in [4.78, 5) is 2.29. The number of nitrogens with zero attached hydrogens (tertiary/aromatic N) is 7. The first kappa shape index (κ1) is 32.9. The van der Waals surface area contributed by atoms with Crippen LogP contribution >= 0.6 is 0 Å². The van der Waals surface area contributed by atoms with Crippen molar-refractivity contribution in [3.05, 3.63) is 108 Å². The fourth-order valence-corrected chi connectivity index (χ4v) is 4.23. The number of ether oxygens (including phenoxy) is 2. The Morgan fingerprint density at radius 3 is 1.69 bits per heavy atom. The molecule has 0 aliphatic heterocycles. The molecule has 0 spiro atoms. The van der Waals surface area contributed by atoms with E-state index < -0.39 is 0 Å². The van der Waals surface area contributed by atoms with Crippen molar-refractivity contribution in [2.24, 2.45) is 30.7 Å². The van der Waals surface area contributed by atoms with Gasteiger partial charge in [-0.3, -0.25) is 0 Å². The van der Waals surface area contributed by atoms with Gasteiger partial charge in [-0.15, -0.1) is 0 Å². The Bertz CT molecular complexity index is 1580. The lowest BCUT2D eigenvalue weighted by Crippen LogP contribution is -2.21. The second-order valence-corrected chi connectivity index (χ2v) is 10.2. The maximum atomic E-state index is 5.37. The molecule has 0 aliphatic carbocycles. The van der Waals surface area contributed by atoms with Crippen LogP contribution < -0.4 is 4.90 Å². The molecule has 0 amide bonds. The summed E-state index contributed by atoms with van der Waals surface area (Å²) < 4.78 is 10.7. The fourth-order valence-electron chi connectivity index (χ4n) is 4.23. The minimum atomic E-state index is 0.261. The SMILES string of the molecule is CCCCOCOC=Cc1ccc(N=Nc2ccc(N=Nc3ccc(N=Nc4ccc(N(CC)CC)cc4)cc3C)cc2)cc1. The van der Waals surface area contributed by atoms with E-state index in [4.69, 9.17) is 9.47 Å². The van der Waals surface area contributed by atoms with Gasteiger partial charge in [0.2, 0.25) is 0 Å². The third kappa shape index (κ3) is 10.9. The number of azo groups is 3. The molecule has 0 saturated heterocycles. The van der Waals surface area contributed by atoms with Gasteiger partial charge in [-0.2, -0.15) is 30.7 Å². The summed E-state index contributed by atoms with van der Waals surface area (Å²) in [7, 11) is 0. The van der Waals surface area contributed by atoms with Crippen molar-refractivity contribution in [3.63, 3.8) is 0 Å². The van der Waals surface area contributed by atoms with Crippen molar-refractivity contribution in [2.45, 2.75) is 40.5 Å². The van der Waals surface area contributed by atoms with Gasteiger partial charge in [0.25, 0.3) is 0 Å². The van der Waals surface area contributed by atoms with E-state index in [1.807, 2.05) is 91.9 Å². The smallest absolute Gasteiger partial charge is 0.188 e. The molecule has 4 aromatic carbocycles. The molecule has 0 aromatic heterocycles. The van der Waals surface area contributed by atoms with Crippen LogP contribution in [-0.2, 0) is 9.47 Å². The summed E-state index contributed by atoms with van der Waals surface area (Å²) in [6.07, 6.45) is 5.67. The Kier molecular flexibility index (Phi) is 13.1. The molecule has 0 atom stereocenters. The van der Waals surface area contributed by atoms with Crippen molar-refractivity contribution in [1.29, 1.82) is 0 Å². The van der Waals surface area contributed by atoms with Crippen LogP contribution in [0.4, 0.5) is 39.8 Å². The van der Waals surface area contributed by atoms with Gasteiger partial charge in [0.05, 0.1) is 47.0 Å². The normalized spacial score (nSPS) is 11.8. The minimum Gasteiger partial charge on any atom is -0.475 e. The van der Waals surface area contributed by atoms with Crippen LogP contribution in [0.2, 0.25) is 0 Å². The third-order valence-electron chi connectivity index (χ3n) is 6.89. The van der Waals surface area contributed by atoms with E-state index in [0.29, 0.717) is 6.61 Å². The van der Waals surface area contributed by atoms with Crippen molar-refractivity contribution in [1.82, 2.24) is 0 Å². The summed E-state index contributed by atoms with van der Waals surface area (Å²) >= 11 is 0. The maximum Gasteiger partial charge on any atom is 0.188 e. The van der Waals surface area contributed by atoms with Crippen molar-refractivity contribution in [3.8, 4) is 0 Å². The Hall–Kier alpha value is -5.02. The highest BCUT2D eigenvalue weighted by Crippen LogP contribution is 2.29. The van der Waals surface area contributed by atoms with Crippen molar-refractivity contribution in [2.75, 3.05) is 31.4 Å². The molecule has 0 fully saturated rings. The molecule has 0 heterocycles. The molecular weight excluding hydrogens is 562 g/mol. The number of rotatable bonds is 16. The van der Waals surface area contributed by atoms with Crippen LogP contribution in [0.1, 0.15) is 44.7 Å². The van der Waals surface area contributed by atoms with Crippen molar-refractivity contribution >= 4 is 45.9 Å². The summed E-state index contributed by atoms with van der Waals surface area (Å²) in [5.74, 6) is 0. The molecule has 0 aliphatic rings. The zero-order valence-electron chi connectivity index (χ0n) is 26.5. The van der Waals surface area contributed by atoms with Crippen LogP contribution in [0, 0.1) is 6.92 Å². The summed E-state index contributed by atoms with van der Waals surface area (Å²) in [5, 5.41) is 26.3. The number of anilines is 1. The average molecular weight is 604 g/mol. The molecular formula is C36H41N7O2. The third-order valence-corrected chi connectivity index (χ3v) is 6.89. The molecule has 9 heteroatoms. The lowest BCUT2D eigenvalue weighted by molar-refractivity contribution is -0.0114. The highest BCUT2D eigenvalue weighted by Gasteiger charge is 2.02. The molecule has 232 valence electrons. The zero-order chi connectivity index (χ0) is 31.7. The van der Waals surface area contributed by atoms with Crippen LogP contribution in [0.5, 0.6) is 0 Å². The van der Waals surface area contributed by atoms with Gasteiger partial charge < -0.3 is 14.4 Å². The Balaban J connectivity index is 1.27. The molecule has 0 bridgehead atoms. The molecule has 0 unspecified atom stereocenters. The van der Waals surface area contributed by atoms with Crippen LogP contribution in [-0.4, -0.2) is 26.5 Å². The standard InChI is InChI=1S/C36H41N7O2/c1-5-8-24-44-27-45-25-23-29-9-11-30(12-10-29)37-38-31-13-15-32(16-14-31)40-42-36-22-19-34(26-28(36)4)41-39-33-17-20-35(21-18-33)43(6-2)7-3/h9-23,25-26H,5-8,24,27H2,1-4H3. The van der Waals surface area contributed by atoms with Crippen LogP contribution in [0.15, 0.2) is 128 Å². The second kappa shape index (κ2) is 17.9. The lowest BCUT2D eigenvalue weighted by atomic mass is 10.2. The molecule has 4 aromatic rings. The highest BCUT2D eigenvalue weighted by atomic mass is 16.7. The molecule has 0 radical (unpaired) electrons. The zero-order valence-corrected chi connectivity index (χ0v) is 26.5. The predicted molar refractivity (Wildman–Crippen MR) is 182 cm³/mol. The topological polar surface area (TPSA) is 95.9 Å². The molecule has 45 heavy (non-hydrogen) atoms. The highest BCUT2D eigenvalue weighted by molar-refractivity contribution is 5.56. The molecule has 4 rings (SSSR count). The molecule has 0 saturated carbocycles. The number of aryl methyl sites for hydroxylation is 1. The summed E-state index contributed by atoms with van der Waals surface area (Å²) in [5.41, 5.74) is 7.69. The van der Waals surface area contributed by atoms with Gasteiger partial charge in [0.1, 0.15) is 0 Å². The van der Waals surface area contributed by atoms with Gasteiger partial charge in [-0.05, 0) is 123 Å². The van der Waals surface area contributed by atoms with E-state index in [-0.39, 0.29) is 6.79 Å². The van der Waals surface area contributed by atoms with E-state index in [9.17, 15) is 0 Å². The first-order valence-corrected chi connectivity index (χ1v) is 15.3. The number of hydrogen-bond acceptors (Lipinski definition) is 9.